The van der Waals surface area contributed by atoms with Crippen LogP contribution in [0.3, 0.4) is 0 Å². The number of carbonyl (C=O) groups is 1. The zero-order valence-electron chi connectivity index (χ0n) is 15.6. The number of rotatable bonds is 6. The molecule has 0 radical (unpaired) electrons. The Bertz CT molecular complexity index is 1240. The normalized spacial score (nSPS) is 11.0. The topological polar surface area (TPSA) is 118 Å². The highest BCUT2D eigenvalue weighted by atomic mass is 35.5. The maximum Gasteiger partial charge on any atom is 0.271 e. The second-order valence-electron chi connectivity index (χ2n) is 6.33. The minimum absolute atomic E-state index is 0.0241. The van der Waals surface area contributed by atoms with Gasteiger partial charge in [0.1, 0.15) is 4.90 Å². The molecule has 2 N–H and O–H groups in total. The first-order valence-electron chi connectivity index (χ1n) is 8.61. The van der Waals surface area contributed by atoms with Crippen LogP contribution in [-0.4, -0.2) is 19.2 Å². The molecule has 0 aromatic heterocycles. The summed E-state index contributed by atoms with van der Waals surface area (Å²) in [5.41, 5.74) is 1.15. The van der Waals surface area contributed by atoms with E-state index < -0.39 is 20.9 Å². The average Bonchev–Trinajstić information content (AvgIpc) is 2.70. The smallest absolute Gasteiger partial charge is 0.271 e. The zero-order valence-corrected chi connectivity index (χ0v) is 17.2. The summed E-state index contributed by atoms with van der Waals surface area (Å²) < 4.78 is 28.1. The van der Waals surface area contributed by atoms with Crippen LogP contribution < -0.4 is 10.0 Å². The molecule has 3 rings (SSSR count). The summed E-state index contributed by atoms with van der Waals surface area (Å²) in [7, 11) is -4.06. The van der Waals surface area contributed by atoms with Gasteiger partial charge in [0.15, 0.2) is 0 Å². The number of hydrogen-bond donors (Lipinski definition) is 2. The Morgan fingerprint density at radius 1 is 1.03 bits per heavy atom. The van der Waals surface area contributed by atoms with Gasteiger partial charge in [-0.3, -0.25) is 19.6 Å². The molecule has 0 heterocycles. The molecule has 0 spiro atoms. The van der Waals surface area contributed by atoms with Crippen LogP contribution in [0.25, 0.3) is 0 Å². The monoisotopic (exact) mass is 445 g/mol. The third-order valence-corrected chi connectivity index (χ3v) is 6.03. The highest BCUT2D eigenvalue weighted by molar-refractivity contribution is 7.92. The number of hydrogen-bond acceptors (Lipinski definition) is 5. The molecule has 154 valence electrons. The van der Waals surface area contributed by atoms with E-state index >= 15 is 0 Å². The predicted octanol–water partition coefficient (Wildman–Crippen LogP) is 4.61. The van der Waals surface area contributed by atoms with Gasteiger partial charge < -0.3 is 5.32 Å². The second-order valence-corrected chi connectivity index (χ2v) is 8.39. The van der Waals surface area contributed by atoms with Gasteiger partial charge in [0, 0.05) is 23.4 Å². The molecule has 10 heteroatoms. The number of amides is 1. The molecule has 0 saturated carbocycles. The van der Waals surface area contributed by atoms with Crippen molar-refractivity contribution in [2.24, 2.45) is 0 Å². The van der Waals surface area contributed by atoms with Crippen LogP contribution in [-0.2, 0) is 10.0 Å². The molecule has 3 aromatic rings. The van der Waals surface area contributed by atoms with E-state index in [1.165, 1.54) is 36.4 Å². The summed E-state index contributed by atoms with van der Waals surface area (Å²) in [6.45, 7) is 1.75. The summed E-state index contributed by atoms with van der Waals surface area (Å²) in [5, 5.41) is 13.3. The molecule has 0 aliphatic carbocycles. The van der Waals surface area contributed by atoms with Gasteiger partial charge >= 0.3 is 0 Å². The van der Waals surface area contributed by atoms with Crippen LogP contribution >= 0.6 is 11.6 Å². The number of anilines is 2. The van der Waals surface area contributed by atoms with Crippen LogP contribution in [0.1, 0.15) is 15.9 Å². The number of para-hydroxylation sites is 1. The van der Waals surface area contributed by atoms with E-state index in [2.05, 4.69) is 10.0 Å². The number of aryl methyl sites for hydroxylation is 1. The molecule has 0 aliphatic rings. The molecule has 0 unspecified atom stereocenters. The zero-order chi connectivity index (χ0) is 21.9. The quantitative estimate of drug-likeness (QED) is 0.424. The van der Waals surface area contributed by atoms with Gasteiger partial charge in [0.05, 0.1) is 15.6 Å². The van der Waals surface area contributed by atoms with E-state index in [1.54, 1.807) is 31.2 Å². The summed E-state index contributed by atoms with van der Waals surface area (Å²) >= 11 is 6.08. The fourth-order valence-corrected chi connectivity index (χ4v) is 4.30. The van der Waals surface area contributed by atoms with Gasteiger partial charge in [-0.1, -0.05) is 35.9 Å². The fraction of sp³-hybridized carbons (Fsp3) is 0.0500. The summed E-state index contributed by atoms with van der Waals surface area (Å²) in [5.74, 6) is -0.639. The number of nitrogens with zero attached hydrogens (tertiary/aromatic N) is 1. The number of carbonyl (C=O) groups excluding carboxylic acids is 1. The average molecular weight is 446 g/mol. The number of sulfonamides is 1. The Hall–Kier alpha value is -3.43. The lowest BCUT2D eigenvalue weighted by Gasteiger charge is -2.13. The van der Waals surface area contributed by atoms with Crippen molar-refractivity contribution in [2.45, 2.75) is 11.8 Å². The van der Waals surface area contributed by atoms with Gasteiger partial charge in [0.2, 0.25) is 0 Å². The van der Waals surface area contributed by atoms with Crippen LogP contribution in [0, 0.1) is 17.0 Å². The maximum absolute atomic E-state index is 12.8. The summed E-state index contributed by atoms with van der Waals surface area (Å²) in [4.78, 5) is 22.6. The Kier molecular flexibility index (Phi) is 6.04. The van der Waals surface area contributed by atoms with E-state index in [9.17, 15) is 23.3 Å². The van der Waals surface area contributed by atoms with Crippen molar-refractivity contribution in [1.82, 2.24) is 0 Å². The third-order valence-electron chi connectivity index (χ3n) is 4.19. The molecule has 1 amide bonds. The van der Waals surface area contributed by atoms with E-state index in [-0.39, 0.29) is 26.9 Å². The van der Waals surface area contributed by atoms with Gasteiger partial charge in [-0.25, -0.2) is 8.42 Å². The molecule has 0 aliphatic heterocycles. The summed E-state index contributed by atoms with van der Waals surface area (Å²) in [6, 6.07) is 16.0. The number of benzene rings is 3. The van der Waals surface area contributed by atoms with Gasteiger partial charge in [-0.15, -0.1) is 0 Å². The molecule has 0 saturated heterocycles. The van der Waals surface area contributed by atoms with Crippen molar-refractivity contribution in [3.05, 3.63) is 93.0 Å². The molecule has 3 aromatic carbocycles. The third kappa shape index (κ3) is 4.76. The van der Waals surface area contributed by atoms with Crippen LogP contribution in [0.15, 0.2) is 71.6 Å². The largest absolute Gasteiger partial charge is 0.322 e. The lowest BCUT2D eigenvalue weighted by atomic mass is 10.2. The fourth-order valence-electron chi connectivity index (χ4n) is 2.64. The van der Waals surface area contributed by atoms with Crippen LogP contribution in [0.4, 0.5) is 17.1 Å². The van der Waals surface area contributed by atoms with Crippen molar-refractivity contribution < 1.29 is 18.1 Å². The second kappa shape index (κ2) is 8.52. The van der Waals surface area contributed by atoms with Crippen molar-refractivity contribution >= 4 is 44.6 Å². The first-order valence-corrected chi connectivity index (χ1v) is 10.5. The SMILES string of the molecule is Cc1ccccc1NS(=O)(=O)c1cc(C(=O)Nc2cccc([N+](=O)[O-])c2)ccc1Cl. The highest BCUT2D eigenvalue weighted by Gasteiger charge is 2.21. The van der Waals surface area contributed by atoms with E-state index in [1.807, 2.05) is 0 Å². The van der Waals surface area contributed by atoms with E-state index in [0.29, 0.717) is 5.69 Å². The Morgan fingerprint density at radius 2 is 1.77 bits per heavy atom. The van der Waals surface area contributed by atoms with Gasteiger partial charge in [-0.05, 0) is 42.8 Å². The minimum Gasteiger partial charge on any atom is -0.322 e. The van der Waals surface area contributed by atoms with Crippen molar-refractivity contribution in [1.29, 1.82) is 0 Å². The minimum atomic E-state index is -4.06. The molecular formula is C20H16ClN3O5S. The molecule has 30 heavy (non-hydrogen) atoms. The lowest BCUT2D eigenvalue weighted by molar-refractivity contribution is -0.384. The number of nitrogens with one attached hydrogen (secondary N) is 2. The molecule has 0 fully saturated rings. The van der Waals surface area contributed by atoms with Gasteiger partial charge in [0.25, 0.3) is 21.6 Å². The molecule has 0 atom stereocenters. The molecular weight excluding hydrogens is 430 g/mol. The number of nitro groups is 1. The van der Waals surface area contributed by atoms with E-state index in [4.69, 9.17) is 11.6 Å². The number of non-ortho nitro benzene ring substituents is 1. The van der Waals surface area contributed by atoms with Gasteiger partial charge in [-0.2, -0.15) is 0 Å². The summed E-state index contributed by atoms with van der Waals surface area (Å²) in [6.07, 6.45) is 0. The molecule has 0 bridgehead atoms. The predicted molar refractivity (Wildman–Crippen MR) is 114 cm³/mol. The Morgan fingerprint density at radius 3 is 2.47 bits per heavy atom. The lowest BCUT2D eigenvalue weighted by Crippen LogP contribution is -2.17. The maximum atomic E-state index is 12.8. The van der Waals surface area contributed by atoms with Crippen molar-refractivity contribution in [2.75, 3.05) is 10.0 Å². The number of nitro benzene ring substituents is 1. The van der Waals surface area contributed by atoms with E-state index in [0.717, 1.165) is 11.6 Å². The van der Waals surface area contributed by atoms with Crippen molar-refractivity contribution in [3.8, 4) is 0 Å². The number of halogens is 1. The Labute approximate surface area is 177 Å². The Balaban J connectivity index is 1.89. The van der Waals surface area contributed by atoms with Crippen LogP contribution in [0.5, 0.6) is 0 Å². The molecule has 8 nitrogen and oxygen atoms in total. The first kappa shape index (κ1) is 21.3. The standard InChI is InChI=1S/C20H16ClN3O5S/c1-13-5-2-3-8-18(13)23-30(28,29)19-11-14(9-10-17(19)21)20(25)22-15-6-4-7-16(12-15)24(26)27/h2-12,23H,1H3,(H,22,25). The van der Waals surface area contributed by atoms with Crippen molar-refractivity contribution in [3.63, 3.8) is 0 Å². The highest BCUT2D eigenvalue weighted by Crippen LogP contribution is 2.27. The first-order chi connectivity index (χ1) is 14.2. The van der Waals surface area contributed by atoms with Crippen LogP contribution in [0.2, 0.25) is 5.02 Å².